The number of methoxy groups -OCH3 is 3. The number of sulfonamides is 3. The van der Waals surface area contributed by atoms with Crippen molar-refractivity contribution in [2.24, 2.45) is 16.8 Å². The standard InChI is InChI=1S/C11H12N2O5S.C11H14N2O4S.C11H11NO5S.C2H4O2.H3NO.Na/c1-13-10-5-7(11(14)18-2)3-4-8(10)9(12-15)6-19(13,16)17;1-13-10-5-7(11(14)17-2)3-4-8(10)9(12)6-18(13,15)16;1-12-9-5-7(11(14)17-2)3-4-8(9)10(13)6-18(12,15)16;1-2(3)4;1-2;/h3-5,15H,6H2,1-2H3;3-5,9H,6,12H2,1-2H3;3-5H,6H2,1-2H3;1H3,(H,3,4);2H,1H2;/q;;;;;+1/p-1/b12-9+;;;;;. The number of esters is 3. The number of ether oxygens (including phenoxy) is 3. The zero-order valence-electron chi connectivity index (χ0n) is 34.6. The number of nitrogens with two attached hydrogens (primary N) is 2. The van der Waals surface area contributed by atoms with Crippen LogP contribution in [0.3, 0.4) is 0 Å². The van der Waals surface area contributed by atoms with Gasteiger partial charge >= 0.3 is 47.5 Å². The Labute approximate surface area is 379 Å². The number of fused-ring (bicyclic) bond motifs is 3. The fourth-order valence-corrected chi connectivity index (χ4v) is 9.23. The zero-order valence-corrected chi connectivity index (χ0v) is 39.0. The van der Waals surface area contributed by atoms with Crippen LogP contribution in [-0.4, -0.2) is 131 Å². The summed E-state index contributed by atoms with van der Waals surface area (Å²) in [6.45, 7) is 0.972. The molecule has 0 spiro atoms. The van der Waals surface area contributed by atoms with Crippen molar-refractivity contribution in [1.29, 1.82) is 0 Å². The van der Waals surface area contributed by atoms with Gasteiger partial charge in [-0.15, -0.1) is 0 Å². The van der Waals surface area contributed by atoms with Crippen molar-refractivity contribution in [1.82, 2.24) is 0 Å². The topological polar surface area (TPSA) is 353 Å². The van der Waals surface area contributed by atoms with Crippen LogP contribution in [0.1, 0.15) is 65.5 Å². The number of nitrogens with zero attached hydrogens (tertiary/aromatic N) is 4. The van der Waals surface area contributed by atoms with E-state index in [4.69, 9.17) is 26.0 Å². The molecule has 6 N–H and O–H groups in total. The average Bonchev–Trinajstić information content (AvgIpc) is 3.22. The first-order valence-electron chi connectivity index (χ1n) is 16.9. The van der Waals surface area contributed by atoms with Gasteiger partial charge in [-0.2, -0.15) is 0 Å². The molecule has 0 bridgehead atoms. The molecular weight excluding hydrogens is 896 g/mol. The van der Waals surface area contributed by atoms with Crippen molar-refractivity contribution in [3.8, 4) is 0 Å². The van der Waals surface area contributed by atoms with Gasteiger partial charge in [-0.1, -0.05) is 17.3 Å². The first-order chi connectivity index (χ1) is 28.4. The summed E-state index contributed by atoms with van der Waals surface area (Å²) < 4.78 is 87.8. The molecule has 3 aromatic carbocycles. The molecule has 27 heteroatoms. The molecule has 3 aromatic rings. The van der Waals surface area contributed by atoms with Gasteiger partial charge in [0.15, 0.2) is 5.78 Å². The molecule has 0 radical (unpaired) electrons. The Bertz CT molecular complexity index is 2550. The van der Waals surface area contributed by atoms with Gasteiger partial charge in [0, 0.05) is 44.3 Å². The van der Waals surface area contributed by atoms with Crippen molar-refractivity contribution in [2.75, 3.05) is 72.6 Å². The normalized spacial score (nSPS) is 17.5. The number of anilines is 3. The van der Waals surface area contributed by atoms with E-state index in [1.165, 1.54) is 84.9 Å². The maximum Gasteiger partial charge on any atom is 1.00 e. The average molecular weight is 939 g/mol. The summed E-state index contributed by atoms with van der Waals surface area (Å²) in [5.74, 6) is -0.780. The second-order valence-electron chi connectivity index (χ2n) is 12.5. The van der Waals surface area contributed by atoms with E-state index in [1.54, 1.807) is 12.1 Å². The molecule has 62 heavy (non-hydrogen) atoms. The van der Waals surface area contributed by atoms with Crippen LogP contribution in [-0.2, 0) is 49.1 Å². The predicted molar refractivity (Wildman–Crippen MR) is 216 cm³/mol. The first-order valence-corrected chi connectivity index (χ1v) is 21.7. The Morgan fingerprint density at radius 1 is 0.677 bits per heavy atom. The molecule has 0 aromatic heterocycles. The summed E-state index contributed by atoms with van der Waals surface area (Å²) >= 11 is 0. The number of ketones is 1. The molecule has 0 amide bonds. The van der Waals surface area contributed by atoms with Gasteiger partial charge in [0.2, 0.25) is 30.1 Å². The molecule has 334 valence electrons. The van der Waals surface area contributed by atoms with Crippen LogP contribution in [0.4, 0.5) is 17.1 Å². The van der Waals surface area contributed by atoms with Crippen LogP contribution in [0.15, 0.2) is 59.8 Å². The first kappa shape index (κ1) is 54.8. The van der Waals surface area contributed by atoms with E-state index < -0.39 is 71.5 Å². The Morgan fingerprint density at radius 2 is 1.03 bits per heavy atom. The van der Waals surface area contributed by atoms with Gasteiger partial charge in [0.25, 0.3) is 0 Å². The Balaban J connectivity index is 0.000000433. The second-order valence-corrected chi connectivity index (χ2v) is 18.5. The minimum atomic E-state index is -3.64. The molecule has 6 rings (SSSR count). The zero-order chi connectivity index (χ0) is 46.8. The van der Waals surface area contributed by atoms with E-state index in [-0.39, 0.29) is 69.3 Å². The third kappa shape index (κ3) is 12.9. The number of oxime groups is 1. The number of hydrogen-bond acceptors (Lipinski definition) is 20. The third-order valence-corrected chi connectivity index (χ3v) is 13.9. The number of Topliss-reactive ketones (excluding diaryl/α,β-unsaturated/α-hetero) is 1. The summed E-state index contributed by atoms with van der Waals surface area (Å²) in [4.78, 5) is 54.8. The Kier molecular flexibility index (Phi) is 20.1. The Morgan fingerprint density at radius 3 is 1.45 bits per heavy atom. The van der Waals surface area contributed by atoms with Gasteiger partial charge in [-0.05, 0) is 55.0 Å². The van der Waals surface area contributed by atoms with Gasteiger partial charge in [-0.3, -0.25) is 17.7 Å². The van der Waals surface area contributed by atoms with Crippen LogP contribution in [0.25, 0.3) is 0 Å². The van der Waals surface area contributed by atoms with Gasteiger partial charge in [-0.25, -0.2) is 45.5 Å². The molecule has 3 aliphatic rings. The third-order valence-electron chi connectivity index (χ3n) is 8.71. The second kappa shape index (κ2) is 22.8. The maximum absolute atomic E-state index is 11.9. The molecule has 3 aliphatic heterocycles. The largest absolute Gasteiger partial charge is 1.00 e. The van der Waals surface area contributed by atoms with E-state index in [2.05, 4.69) is 25.3 Å². The maximum atomic E-state index is 11.9. The van der Waals surface area contributed by atoms with E-state index in [1.807, 2.05) is 0 Å². The molecule has 23 nitrogen and oxygen atoms in total. The number of benzene rings is 3. The fraction of sp³-hybridized carbons (Fsp3) is 0.314. The molecule has 0 saturated heterocycles. The van der Waals surface area contributed by atoms with Crippen LogP contribution in [0.5, 0.6) is 0 Å². The molecule has 0 aliphatic carbocycles. The van der Waals surface area contributed by atoms with Crippen molar-refractivity contribution in [2.45, 2.75) is 13.0 Å². The van der Waals surface area contributed by atoms with Crippen molar-refractivity contribution in [3.63, 3.8) is 0 Å². The number of rotatable bonds is 3. The van der Waals surface area contributed by atoms with Crippen molar-refractivity contribution in [3.05, 3.63) is 88.0 Å². The van der Waals surface area contributed by atoms with Crippen LogP contribution >= 0.6 is 0 Å². The summed E-state index contributed by atoms with van der Waals surface area (Å²) in [5.41, 5.74) is 8.97. The summed E-state index contributed by atoms with van der Waals surface area (Å²) in [6.07, 6.45) is 0. The van der Waals surface area contributed by atoms with Crippen molar-refractivity contribution < 1.29 is 109 Å². The number of carbonyl (C=O) groups excluding carboxylic acids is 5. The van der Waals surface area contributed by atoms with Gasteiger partial charge in [0.1, 0.15) is 17.2 Å². The minimum absolute atomic E-state index is 0. The number of carboxylic acids is 1. The van der Waals surface area contributed by atoms with Crippen LogP contribution in [0.2, 0.25) is 0 Å². The van der Waals surface area contributed by atoms with Gasteiger partial charge < -0.3 is 40.3 Å². The monoisotopic (exact) mass is 938 g/mol. The summed E-state index contributed by atoms with van der Waals surface area (Å²) in [7, 11) is -2.74. The van der Waals surface area contributed by atoms with Crippen molar-refractivity contribution >= 4 is 82.5 Å². The fourth-order valence-electron chi connectivity index (χ4n) is 5.58. The quantitative estimate of drug-likeness (QED) is 0.0643. The number of hydrogen-bond donors (Lipinski definition) is 4. The molecule has 0 fully saturated rings. The van der Waals surface area contributed by atoms with E-state index >= 15 is 0 Å². The Hall–Kier alpha value is -5.19. The minimum Gasteiger partial charge on any atom is -0.550 e. The van der Waals surface area contributed by atoms with E-state index in [0.717, 1.165) is 19.8 Å². The SMILES string of the molecule is CC(=O)[O-].COC(=O)c1ccc2c(c1)N(C)S(=O)(=O)C/C2=N\O.COC(=O)c1ccc2c(c1)N(C)S(=O)(=O)CC2=O.COC(=O)c1ccc2c(c1)N(C)S(=O)(=O)CC2N.NO.[Na+]. The van der Waals surface area contributed by atoms with Gasteiger partial charge in [0.05, 0.1) is 60.8 Å². The summed E-state index contributed by atoms with van der Waals surface area (Å²) in [5, 5.41) is 27.3. The molecule has 1 unspecified atom stereocenters. The number of carboxylic acid groups (broad SMARTS) is 1. The smallest absolute Gasteiger partial charge is 0.550 e. The predicted octanol–water partition coefficient (Wildman–Crippen LogP) is -3.79. The molecule has 1 atom stereocenters. The van der Waals surface area contributed by atoms with Crippen LogP contribution in [0, 0.1) is 0 Å². The number of carbonyl (C=O) groups is 5. The van der Waals surface area contributed by atoms with E-state index in [9.17, 15) is 44.4 Å². The molecule has 3 heterocycles. The number of aliphatic carboxylic acids is 1. The summed E-state index contributed by atoms with van der Waals surface area (Å²) in [6, 6.07) is 12.8. The molecule has 0 saturated carbocycles. The van der Waals surface area contributed by atoms with Crippen LogP contribution < -0.4 is 59.2 Å². The molecular formula is C35H43N6NaO17S3. The van der Waals surface area contributed by atoms with E-state index in [0.29, 0.717) is 27.9 Å².